The van der Waals surface area contributed by atoms with E-state index in [1.54, 1.807) is 11.3 Å². The second kappa shape index (κ2) is 5.97. The van der Waals surface area contributed by atoms with Gasteiger partial charge in [0.1, 0.15) is 0 Å². The molecule has 24 heavy (non-hydrogen) atoms. The fraction of sp³-hybridized carbons (Fsp3) is 0.588. The van der Waals surface area contributed by atoms with Crippen LogP contribution >= 0.6 is 11.3 Å². The summed E-state index contributed by atoms with van der Waals surface area (Å²) in [7, 11) is 0. The number of nitrogens with one attached hydrogen (secondary N) is 1. The van der Waals surface area contributed by atoms with E-state index in [1.165, 1.54) is 28.2 Å². The predicted molar refractivity (Wildman–Crippen MR) is 93.7 cm³/mol. The lowest BCUT2D eigenvalue weighted by Gasteiger charge is -2.40. The highest BCUT2D eigenvalue weighted by Gasteiger charge is 2.29. The molecular formula is C17H21N5OS. The molecule has 1 aliphatic carbocycles. The summed E-state index contributed by atoms with van der Waals surface area (Å²) in [6.07, 6.45) is 4.43. The minimum atomic E-state index is 0.650. The van der Waals surface area contributed by atoms with Gasteiger partial charge in [0.2, 0.25) is 0 Å². The molecule has 6 nitrogen and oxygen atoms in total. The first-order valence-corrected chi connectivity index (χ1v) is 9.57. The van der Waals surface area contributed by atoms with E-state index in [1.807, 2.05) is 0 Å². The molecule has 0 aromatic carbocycles. The average molecular weight is 343 g/mol. The van der Waals surface area contributed by atoms with Gasteiger partial charge in [-0.3, -0.25) is 0 Å². The Labute approximate surface area is 145 Å². The number of ether oxygens (including phenoxy) is 1. The van der Waals surface area contributed by atoms with E-state index in [-0.39, 0.29) is 0 Å². The Morgan fingerprint density at radius 3 is 3.08 bits per heavy atom. The molecule has 5 rings (SSSR count). The van der Waals surface area contributed by atoms with E-state index in [2.05, 4.69) is 31.5 Å². The second-order valence-corrected chi connectivity index (χ2v) is 7.96. The van der Waals surface area contributed by atoms with Crippen LogP contribution in [0.3, 0.4) is 0 Å². The van der Waals surface area contributed by atoms with Crippen molar-refractivity contribution in [2.24, 2.45) is 5.92 Å². The van der Waals surface area contributed by atoms with E-state index in [0.29, 0.717) is 5.92 Å². The Hall–Kier alpha value is -1.73. The number of aryl methyl sites for hydroxylation is 2. The maximum Gasteiger partial charge on any atom is 0.183 e. The second-order valence-electron chi connectivity index (χ2n) is 6.87. The zero-order chi connectivity index (χ0) is 15.9. The van der Waals surface area contributed by atoms with Crippen molar-refractivity contribution in [3.05, 3.63) is 27.9 Å². The lowest BCUT2D eigenvalue weighted by Crippen LogP contribution is -2.50. The number of aromatic nitrogens is 3. The Balaban J connectivity index is 1.15. The summed E-state index contributed by atoms with van der Waals surface area (Å²) in [5.74, 6) is 1.70. The summed E-state index contributed by atoms with van der Waals surface area (Å²) in [6.45, 7) is 4.60. The van der Waals surface area contributed by atoms with Crippen LogP contribution in [-0.2, 0) is 30.6 Å². The molecule has 1 fully saturated rings. The van der Waals surface area contributed by atoms with Crippen LogP contribution in [0.5, 0.6) is 0 Å². The molecule has 0 saturated carbocycles. The third-order valence-electron chi connectivity index (χ3n) is 5.12. The number of nitrogens with zero attached hydrogens (tertiary/aromatic N) is 4. The first-order chi connectivity index (χ1) is 11.8. The summed E-state index contributed by atoms with van der Waals surface area (Å²) < 4.78 is 5.49. The van der Waals surface area contributed by atoms with Crippen molar-refractivity contribution in [2.75, 3.05) is 36.5 Å². The van der Waals surface area contributed by atoms with E-state index >= 15 is 0 Å². The summed E-state index contributed by atoms with van der Waals surface area (Å²) in [5.41, 5.74) is 3.82. The summed E-state index contributed by atoms with van der Waals surface area (Å²) >= 11 is 1.74. The standard InChI is InChI=1S/C17H21N5OS/c1-2-12-6-16(21-20-13(12)3-1)22-8-11(9-22)7-18-17-19-14-4-5-23-10-15(14)24-17/h6,11H,1-5,7-10H2,(H,18,19). The smallest absolute Gasteiger partial charge is 0.183 e. The average Bonchev–Trinajstić information content (AvgIpc) is 3.18. The molecule has 126 valence electrons. The number of hydrogen-bond donors (Lipinski definition) is 1. The molecule has 0 bridgehead atoms. The van der Waals surface area contributed by atoms with Crippen molar-refractivity contribution < 1.29 is 4.74 Å². The summed E-state index contributed by atoms with van der Waals surface area (Å²) in [5, 5.41) is 13.3. The lowest BCUT2D eigenvalue weighted by molar-refractivity contribution is 0.112. The van der Waals surface area contributed by atoms with Gasteiger partial charge >= 0.3 is 0 Å². The Bertz CT molecular complexity index is 732. The molecule has 0 unspecified atom stereocenters. The van der Waals surface area contributed by atoms with Gasteiger partial charge in [-0.2, -0.15) is 5.10 Å². The molecule has 1 saturated heterocycles. The quantitative estimate of drug-likeness (QED) is 0.917. The van der Waals surface area contributed by atoms with Crippen molar-refractivity contribution in [3.63, 3.8) is 0 Å². The molecule has 3 aliphatic rings. The van der Waals surface area contributed by atoms with E-state index in [9.17, 15) is 0 Å². The van der Waals surface area contributed by atoms with Crippen LogP contribution in [0.2, 0.25) is 0 Å². The third-order valence-corrected chi connectivity index (χ3v) is 6.15. The highest BCUT2D eigenvalue weighted by atomic mass is 32.1. The third kappa shape index (κ3) is 2.65. The summed E-state index contributed by atoms with van der Waals surface area (Å²) in [6, 6.07) is 2.24. The van der Waals surface area contributed by atoms with Crippen LogP contribution in [0.1, 0.15) is 28.2 Å². The molecule has 0 amide bonds. The van der Waals surface area contributed by atoms with Crippen molar-refractivity contribution >= 4 is 22.3 Å². The van der Waals surface area contributed by atoms with Crippen molar-refractivity contribution in [2.45, 2.75) is 32.3 Å². The van der Waals surface area contributed by atoms with Crippen LogP contribution in [-0.4, -0.2) is 41.4 Å². The number of fused-ring (bicyclic) bond motifs is 2. The van der Waals surface area contributed by atoms with Crippen LogP contribution in [0.15, 0.2) is 6.07 Å². The van der Waals surface area contributed by atoms with Crippen LogP contribution in [0.4, 0.5) is 10.9 Å². The van der Waals surface area contributed by atoms with Gasteiger partial charge in [-0.05, 0) is 30.9 Å². The van der Waals surface area contributed by atoms with Crippen molar-refractivity contribution in [1.82, 2.24) is 15.2 Å². The van der Waals surface area contributed by atoms with Gasteiger partial charge in [-0.15, -0.1) is 5.10 Å². The van der Waals surface area contributed by atoms with Gasteiger partial charge in [-0.1, -0.05) is 11.3 Å². The van der Waals surface area contributed by atoms with Gasteiger partial charge in [0.05, 0.1) is 29.5 Å². The van der Waals surface area contributed by atoms with Crippen LogP contribution in [0, 0.1) is 5.92 Å². The normalized spacial score (nSPS) is 19.8. The predicted octanol–water partition coefficient (Wildman–Crippen LogP) is 2.04. The SMILES string of the molecule is c1c(N2CC(CNc3nc4c(s3)COCC4)C2)nnc2c1CCC2. The molecule has 1 N–H and O–H groups in total. The van der Waals surface area contributed by atoms with Crippen LogP contribution in [0.25, 0.3) is 0 Å². The van der Waals surface area contributed by atoms with Gasteiger partial charge in [0.25, 0.3) is 0 Å². The zero-order valence-corrected chi connectivity index (χ0v) is 14.4. The Morgan fingerprint density at radius 1 is 1.21 bits per heavy atom. The maximum absolute atomic E-state index is 5.49. The number of anilines is 2. The molecule has 2 aliphatic heterocycles. The number of rotatable bonds is 4. The molecular weight excluding hydrogens is 322 g/mol. The van der Waals surface area contributed by atoms with Gasteiger partial charge in [0.15, 0.2) is 10.9 Å². The number of hydrogen-bond acceptors (Lipinski definition) is 7. The summed E-state index contributed by atoms with van der Waals surface area (Å²) in [4.78, 5) is 8.31. The highest BCUT2D eigenvalue weighted by molar-refractivity contribution is 7.15. The van der Waals surface area contributed by atoms with Gasteiger partial charge in [-0.25, -0.2) is 4.98 Å². The molecule has 0 atom stereocenters. The maximum atomic E-state index is 5.49. The van der Waals surface area contributed by atoms with Crippen LogP contribution < -0.4 is 10.2 Å². The van der Waals surface area contributed by atoms with E-state index in [0.717, 1.165) is 63.1 Å². The molecule has 4 heterocycles. The number of thiazole rings is 1. The fourth-order valence-electron chi connectivity index (χ4n) is 3.69. The van der Waals surface area contributed by atoms with Crippen molar-refractivity contribution in [3.8, 4) is 0 Å². The molecule has 7 heteroatoms. The monoisotopic (exact) mass is 343 g/mol. The zero-order valence-electron chi connectivity index (χ0n) is 13.6. The Morgan fingerprint density at radius 2 is 2.17 bits per heavy atom. The molecule has 2 aromatic rings. The van der Waals surface area contributed by atoms with E-state index < -0.39 is 0 Å². The minimum absolute atomic E-state index is 0.650. The van der Waals surface area contributed by atoms with E-state index in [4.69, 9.17) is 4.74 Å². The Kier molecular flexibility index (Phi) is 3.63. The first-order valence-electron chi connectivity index (χ1n) is 8.76. The van der Waals surface area contributed by atoms with Gasteiger partial charge < -0.3 is 15.0 Å². The lowest BCUT2D eigenvalue weighted by atomic mass is 10.00. The minimum Gasteiger partial charge on any atom is -0.375 e. The molecule has 0 radical (unpaired) electrons. The highest BCUT2D eigenvalue weighted by Crippen LogP contribution is 2.29. The van der Waals surface area contributed by atoms with Crippen molar-refractivity contribution in [1.29, 1.82) is 0 Å². The molecule has 2 aromatic heterocycles. The van der Waals surface area contributed by atoms with Gasteiger partial charge in [0, 0.05) is 32.0 Å². The molecule has 0 spiro atoms. The largest absolute Gasteiger partial charge is 0.375 e. The first kappa shape index (κ1) is 14.6. The topological polar surface area (TPSA) is 63.2 Å². The fourth-order valence-corrected chi connectivity index (χ4v) is 4.64.